The Morgan fingerprint density at radius 2 is 2.11 bits per heavy atom. The van der Waals surface area contributed by atoms with Gasteiger partial charge < -0.3 is 10.4 Å². The molecule has 0 saturated heterocycles. The number of rotatable bonds is 2. The molecule has 0 bridgehead atoms. The molecule has 1 aliphatic carbocycles. The largest absolute Gasteiger partial charge is 0.508 e. The Morgan fingerprint density at radius 1 is 1.44 bits per heavy atom. The van der Waals surface area contributed by atoms with Crippen LogP contribution in [0.1, 0.15) is 41.6 Å². The van der Waals surface area contributed by atoms with E-state index in [9.17, 15) is 15.2 Å². The highest BCUT2D eigenvalue weighted by atomic mass is 16.3. The number of phenolic OH excluding ortho intramolecular Hbond substituents is 1. The van der Waals surface area contributed by atoms with Gasteiger partial charge >= 0.3 is 0 Å². The number of aromatic hydroxyl groups is 1. The maximum absolute atomic E-state index is 12.1. The Hall–Kier alpha value is -2.02. The van der Waals surface area contributed by atoms with Crippen molar-refractivity contribution in [2.45, 2.75) is 38.1 Å². The Morgan fingerprint density at radius 3 is 2.67 bits per heavy atom. The Kier molecular flexibility index (Phi) is 3.24. The van der Waals surface area contributed by atoms with Gasteiger partial charge in [0, 0.05) is 5.56 Å². The first-order valence-corrected chi connectivity index (χ1v) is 6.10. The second-order valence-electron chi connectivity index (χ2n) is 4.86. The van der Waals surface area contributed by atoms with Crippen molar-refractivity contribution in [3.05, 3.63) is 29.3 Å². The zero-order valence-corrected chi connectivity index (χ0v) is 10.4. The summed E-state index contributed by atoms with van der Waals surface area (Å²) in [4.78, 5) is 12.1. The van der Waals surface area contributed by atoms with Crippen LogP contribution in [-0.2, 0) is 0 Å². The van der Waals surface area contributed by atoms with Gasteiger partial charge in [-0.25, -0.2) is 0 Å². The fraction of sp³-hybridized carbons (Fsp3) is 0.429. The van der Waals surface area contributed by atoms with Crippen LogP contribution >= 0.6 is 0 Å². The normalized spacial score (nSPS) is 17.1. The Balaban J connectivity index is 2.17. The maximum atomic E-state index is 12.1. The summed E-state index contributed by atoms with van der Waals surface area (Å²) in [6.45, 7) is 1.74. The minimum atomic E-state index is -0.705. The second kappa shape index (κ2) is 4.69. The number of nitrogens with zero attached hydrogens (tertiary/aromatic N) is 1. The zero-order valence-electron chi connectivity index (χ0n) is 10.4. The van der Waals surface area contributed by atoms with Crippen LogP contribution in [0, 0.1) is 18.3 Å². The lowest BCUT2D eigenvalue weighted by atomic mass is 9.99. The third kappa shape index (κ3) is 2.30. The molecule has 0 aromatic heterocycles. The van der Waals surface area contributed by atoms with Gasteiger partial charge in [0.1, 0.15) is 11.3 Å². The van der Waals surface area contributed by atoms with E-state index >= 15 is 0 Å². The number of phenols is 1. The monoisotopic (exact) mass is 244 g/mol. The molecule has 18 heavy (non-hydrogen) atoms. The number of carbonyl (C=O) groups excluding carboxylic acids is 1. The van der Waals surface area contributed by atoms with Gasteiger partial charge in [0.25, 0.3) is 5.91 Å². The molecule has 0 aliphatic heterocycles. The fourth-order valence-electron chi connectivity index (χ4n) is 2.33. The van der Waals surface area contributed by atoms with Gasteiger partial charge in [-0.15, -0.1) is 0 Å². The minimum Gasteiger partial charge on any atom is -0.508 e. The van der Waals surface area contributed by atoms with Gasteiger partial charge in [0.15, 0.2) is 0 Å². The molecule has 0 unspecified atom stereocenters. The van der Waals surface area contributed by atoms with E-state index in [2.05, 4.69) is 11.4 Å². The van der Waals surface area contributed by atoms with Crippen molar-refractivity contribution in [1.82, 2.24) is 5.32 Å². The summed E-state index contributed by atoms with van der Waals surface area (Å²) < 4.78 is 0. The van der Waals surface area contributed by atoms with Crippen LogP contribution in [-0.4, -0.2) is 16.6 Å². The molecule has 0 atom stereocenters. The molecule has 0 spiro atoms. The number of nitrogens with one attached hydrogen (secondary N) is 1. The van der Waals surface area contributed by atoms with Crippen LogP contribution < -0.4 is 5.32 Å². The van der Waals surface area contributed by atoms with Crippen LogP contribution in [0.25, 0.3) is 0 Å². The fourth-order valence-corrected chi connectivity index (χ4v) is 2.33. The third-order valence-electron chi connectivity index (χ3n) is 3.48. The van der Waals surface area contributed by atoms with Crippen molar-refractivity contribution in [1.29, 1.82) is 5.26 Å². The number of hydrogen-bond acceptors (Lipinski definition) is 3. The molecular formula is C14H16N2O2. The summed E-state index contributed by atoms with van der Waals surface area (Å²) in [6, 6.07) is 6.92. The van der Waals surface area contributed by atoms with Crippen LogP contribution in [0.2, 0.25) is 0 Å². The standard InChI is InChI=1S/C14H16N2O2/c1-10-8-11(4-5-12(10)17)13(18)16-14(9-15)6-2-3-7-14/h4-5,8,17H,2-3,6-7H2,1H3,(H,16,18). The SMILES string of the molecule is Cc1cc(C(=O)NC2(C#N)CCCC2)ccc1O. The molecule has 0 radical (unpaired) electrons. The van der Waals surface area contributed by atoms with Crippen molar-refractivity contribution in [3.8, 4) is 11.8 Å². The van der Waals surface area contributed by atoms with E-state index in [1.807, 2.05) is 0 Å². The van der Waals surface area contributed by atoms with Crippen LogP contribution in [0.15, 0.2) is 18.2 Å². The topological polar surface area (TPSA) is 73.1 Å². The predicted octanol–water partition coefficient (Wildman–Crippen LogP) is 2.27. The average Bonchev–Trinajstić information content (AvgIpc) is 2.82. The smallest absolute Gasteiger partial charge is 0.252 e. The van der Waals surface area contributed by atoms with E-state index in [0.717, 1.165) is 12.8 Å². The molecule has 4 heteroatoms. The number of hydrogen-bond donors (Lipinski definition) is 2. The highest BCUT2D eigenvalue weighted by molar-refractivity contribution is 5.95. The summed E-state index contributed by atoms with van der Waals surface area (Å²) in [5.41, 5.74) is 0.426. The molecule has 0 heterocycles. The third-order valence-corrected chi connectivity index (χ3v) is 3.48. The summed E-state index contributed by atoms with van der Waals surface area (Å²) in [6.07, 6.45) is 3.38. The predicted molar refractivity (Wildman–Crippen MR) is 67.1 cm³/mol. The van der Waals surface area contributed by atoms with E-state index in [-0.39, 0.29) is 11.7 Å². The molecule has 2 rings (SSSR count). The summed E-state index contributed by atoms with van der Waals surface area (Å²) in [5, 5.41) is 21.5. The Bertz CT molecular complexity index is 511. The van der Waals surface area contributed by atoms with Crippen molar-refractivity contribution in [2.75, 3.05) is 0 Å². The maximum Gasteiger partial charge on any atom is 0.252 e. The number of benzene rings is 1. The van der Waals surface area contributed by atoms with Gasteiger partial charge in [-0.05, 0) is 56.4 Å². The van der Waals surface area contributed by atoms with Crippen molar-refractivity contribution < 1.29 is 9.90 Å². The van der Waals surface area contributed by atoms with Crippen molar-refractivity contribution in [3.63, 3.8) is 0 Å². The molecule has 1 aromatic carbocycles. The lowest BCUT2D eigenvalue weighted by molar-refractivity contribution is 0.0920. The first-order chi connectivity index (χ1) is 8.56. The molecule has 1 aromatic rings. The molecule has 1 aliphatic rings. The van der Waals surface area contributed by atoms with Gasteiger partial charge in [-0.3, -0.25) is 4.79 Å². The van der Waals surface area contributed by atoms with Crippen molar-refractivity contribution in [2.24, 2.45) is 0 Å². The summed E-state index contributed by atoms with van der Waals surface area (Å²) >= 11 is 0. The van der Waals surface area contributed by atoms with E-state index < -0.39 is 5.54 Å². The number of nitriles is 1. The quantitative estimate of drug-likeness (QED) is 0.838. The van der Waals surface area contributed by atoms with E-state index in [1.54, 1.807) is 19.1 Å². The van der Waals surface area contributed by atoms with Gasteiger partial charge in [0.05, 0.1) is 6.07 Å². The van der Waals surface area contributed by atoms with E-state index in [4.69, 9.17) is 0 Å². The van der Waals surface area contributed by atoms with Crippen LogP contribution in [0.3, 0.4) is 0 Å². The van der Waals surface area contributed by atoms with E-state index in [1.165, 1.54) is 6.07 Å². The lowest BCUT2D eigenvalue weighted by Crippen LogP contribution is -2.45. The van der Waals surface area contributed by atoms with Gasteiger partial charge in [-0.1, -0.05) is 0 Å². The number of carbonyl (C=O) groups is 1. The second-order valence-corrected chi connectivity index (χ2v) is 4.86. The number of amides is 1. The molecule has 1 amide bonds. The highest BCUT2D eigenvalue weighted by Crippen LogP contribution is 2.29. The first-order valence-electron chi connectivity index (χ1n) is 6.10. The molecule has 4 nitrogen and oxygen atoms in total. The lowest BCUT2D eigenvalue weighted by Gasteiger charge is -2.22. The first kappa shape index (κ1) is 12.4. The summed E-state index contributed by atoms with van der Waals surface area (Å²) in [7, 11) is 0. The van der Waals surface area contributed by atoms with Gasteiger partial charge in [-0.2, -0.15) is 5.26 Å². The zero-order chi connectivity index (χ0) is 13.2. The molecule has 1 saturated carbocycles. The Labute approximate surface area is 106 Å². The minimum absolute atomic E-state index is 0.169. The average molecular weight is 244 g/mol. The highest BCUT2D eigenvalue weighted by Gasteiger charge is 2.35. The molecule has 1 fully saturated rings. The molecular weight excluding hydrogens is 228 g/mol. The molecule has 2 N–H and O–H groups in total. The summed E-state index contributed by atoms with van der Waals surface area (Å²) in [5.74, 6) is -0.0797. The van der Waals surface area contributed by atoms with Gasteiger partial charge in [0.2, 0.25) is 0 Å². The van der Waals surface area contributed by atoms with E-state index in [0.29, 0.717) is 24.0 Å². The van der Waals surface area contributed by atoms with Crippen LogP contribution in [0.4, 0.5) is 0 Å². The number of aryl methyl sites for hydroxylation is 1. The van der Waals surface area contributed by atoms with Crippen molar-refractivity contribution >= 4 is 5.91 Å². The van der Waals surface area contributed by atoms with Crippen LogP contribution in [0.5, 0.6) is 5.75 Å². The molecule has 94 valence electrons.